The van der Waals surface area contributed by atoms with Crippen LogP contribution in [0.25, 0.3) is 6.08 Å². The van der Waals surface area contributed by atoms with Crippen LogP contribution < -0.4 is 4.74 Å². The molecule has 0 saturated heterocycles. The van der Waals surface area contributed by atoms with Gasteiger partial charge >= 0.3 is 28.5 Å². The highest BCUT2D eigenvalue weighted by Crippen LogP contribution is 3.02. The molecule has 1 aliphatic rings. The van der Waals surface area contributed by atoms with E-state index in [0.717, 1.165) is 13.8 Å². The molecule has 2 rings (SSSR count). The lowest BCUT2D eigenvalue weighted by Gasteiger charge is -2.41. The van der Waals surface area contributed by atoms with Crippen LogP contribution in [0.3, 0.4) is 0 Å². The van der Waals surface area contributed by atoms with Crippen molar-refractivity contribution in [3.8, 4) is 5.75 Å². The van der Waals surface area contributed by atoms with Crippen molar-refractivity contribution >= 4 is 28.4 Å². The Hall–Kier alpha value is -3.51. The van der Waals surface area contributed by atoms with Gasteiger partial charge in [0.05, 0.1) is 5.57 Å². The Morgan fingerprint density at radius 2 is 1.75 bits per heavy atom. The van der Waals surface area contributed by atoms with Crippen LogP contribution in [-0.2, 0) is 23.8 Å². The quantitative estimate of drug-likeness (QED) is 0.129. The summed E-state index contributed by atoms with van der Waals surface area (Å²) in [7, 11) is -10.2. The largest absolute Gasteiger partial charge is 0.511 e. The highest BCUT2D eigenvalue weighted by atomic mass is 32.5. The van der Waals surface area contributed by atoms with Gasteiger partial charge in [0, 0.05) is 12.5 Å². The standard InChI is InChI=1S/C17H15F8NO9S/c1-8(35-26(29)30)7-31-16(28)33-9(2)32-15(27)12-6-10-5-11(36(21,22,23,24)25)3-4-13(10)34-14(12)17(18,19)20/h3-6,8-9,14H,7H2,1-2H3/t8?,9?,14-/m0/s1. The lowest BCUT2D eigenvalue weighted by atomic mass is 10.0. The van der Waals surface area contributed by atoms with Crippen LogP contribution in [0.4, 0.5) is 37.4 Å². The van der Waals surface area contributed by atoms with Crippen LogP contribution in [0.2, 0.25) is 0 Å². The molecule has 1 heterocycles. The number of rotatable bonds is 8. The second kappa shape index (κ2) is 8.86. The van der Waals surface area contributed by atoms with Gasteiger partial charge in [-0.05, 0) is 31.2 Å². The van der Waals surface area contributed by atoms with E-state index in [2.05, 4.69) is 23.8 Å². The number of nitrogens with zero attached hydrogens (tertiary/aromatic N) is 1. The average Bonchev–Trinajstić information content (AvgIpc) is 2.67. The molecular weight excluding hydrogens is 546 g/mol. The SMILES string of the molecule is CC(COC(=O)OC(C)OC(=O)C1=Cc2cc(S(F)(F)(F)(F)F)ccc2O[C@@H]1C(F)(F)F)O[N+](=O)[O-]. The van der Waals surface area contributed by atoms with Crippen molar-refractivity contribution in [1.29, 1.82) is 0 Å². The number of fused-ring (bicyclic) bond motifs is 1. The van der Waals surface area contributed by atoms with Crippen molar-refractivity contribution in [2.24, 2.45) is 0 Å². The van der Waals surface area contributed by atoms with Crippen molar-refractivity contribution in [3.05, 3.63) is 39.4 Å². The molecule has 0 aliphatic carbocycles. The molecule has 0 bridgehead atoms. The molecule has 3 atom stereocenters. The second-order valence-corrected chi connectivity index (χ2v) is 9.51. The highest BCUT2D eigenvalue weighted by Gasteiger charge is 2.65. The number of esters is 1. The number of carbonyl (C=O) groups excluding carboxylic acids is 2. The third-order valence-electron chi connectivity index (χ3n) is 4.04. The topological polar surface area (TPSA) is 123 Å². The third kappa shape index (κ3) is 7.75. The Kier molecular flexibility index (Phi) is 7.07. The van der Waals surface area contributed by atoms with Gasteiger partial charge in [0.25, 0.3) is 5.09 Å². The van der Waals surface area contributed by atoms with E-state index in [4.69, 9.17) is 0 Å². The molecule has 0 saturated carbocycles. The molecule has 19 heteroatoms. The molecule has 1 aromatic rings. The van der Waals surface area contributed by atoms with E-state index < -0.39 is 80.5 Å². The predicted molar refractivity (Wildman–Crippen MR) is 102 cm³/mol. The smallest absolute Gasteiger partial charge is 0.475 e. The fourth-order valence-electron chi connectivity index (χ4n) is 2.60. The average molecular weight is 561 g/mol. The lowest BCUT2D eigenvalue weighted by Crippen LogP contribution is -2.41. The molecule has 36 heavy (non-hydrogen) atoms. The first-order valence-corrected chi connectivity index (χ1v) is 11.2. The molecule has 204 valence electrons. The molecule has 0 aromatic heterocycles. The van der Waals surface area contributed by atoms with E-state index in [1.54, 1.807) is 0 Å². The van der Waals surface area contributed by atoms with Gasteiger partial charge in [-0.15, -0.1) is 10.1 Å². The number of halogens is 8. The number of alkyl halides is 3. The van der Waals surface area contributed by atoms with E-state index >= 15 is 0 Å². The van der Waals surface area contributed by atoms with Crippen LogP contribution in [0, 0.1) is 10.1 Å². The van der Waals surface area contributed by atoms with Gasteiger partial charge in [0.2, 0.25) is 12.4 Å². The normalized spacial score (nSPS) is 19.2. The fourth-order valence-corrected chi connectivity index (χ4v) is 3.28. The van der Waals surface area contributed by atoms with Crippen molar-refractivity contribution in [2.75, 3.05) is 6.61 Å². The van der Waals surface area contributed by atoms with Crippen LogP contribution in [0.1, 0.15) is 19.4 Å². The lowest BCUT2D eigenvalue weighted by molar-refractivity contribution is -0.767. The molecule has 0 spiro atoms. The maximum Gasteiger partial charge on any atom is 0.511 e. The van der Waals surface area contributed by atoms with Crippen molar-refractivity contribution in [1.82, 2.24) is 0 Å². The van der Waals surface area contributed by atoms with Gasteiger partial charge < -0.3 is 23.8 Å². The van der Waals surface area contributed by atoms with Crippen molar-refractivity contribution in [2.45, 2.75) is 43.4 Å². The number of ether oxygens (including phenoxy) is 4. The molecule has 1 aromatic carbocycles. The fraction of sp³-hybridized carbons (Fsp3) is 0.412. The molecule has 0 radical (unpaired) electrons. The third-order valence-corrected chi connectivity index (χ3v) is 5.18. The zero-order valence-electron chi connectivity index (χ0n) is 17.8. The first kappa shape index (κ1) is 28.7. The van der Waals surface area contributed by atoms with Crippen LogP contribution in [0.15, 0.2) is 28.7 Å². The summed E-state index contributed by atoms with van der Waals surface area (Å²) in [5.41, 5.74) is -2.37. The number of hydrogen-bond donors (Lipinski definition) is 0. The first-order valence-electron chi connectivity index (χ1n) is 9.25. The van der Waals surface area contributed by atoms with Gasteiger partial charge in [-0.2, -0.15) is 13.2 Å². The zero-order valence-corrected chi connectivity index (χ0v) is 18.6. The van der Waals surface area contributed by atoms with Crippen molar-refractivity contribution < 1.29 is 71.1 Å². The van der Waals surface area contributed by atoms with E-state index in [0.29, 0.717) is 0 Å². The van der Waals surface area contributed by atoms with E-state index in [-0.39, 0.29) is 24.3 Å². The minimum Gasteiger partial charge on any atom is -0.475 e. The van der Waals surface area contributed by atoms with Crippen molar-refractivity contribution in [3.63, 3.8) is 0 Å². The molecule has 0 N–H and O–H groups in total. The molecule has 1 aliphatic heterocycles. The van der Waals surface area contributed by atoms with E-state index in [1.165, 1.54) is 0 Å². The molecule has 0 fully saturated rings. The minimum atomic E-state index is -10.2. The minimum absolute atomic E-state index is 0.163. The summed E-state index contributed by atoms with van der Waals surface area (Å²) in [5.74, 6) is -2.76. The number of carbonyl (C=O) groups is 2. The molecule has 10 nitrogen and oxygen atoms in total. The predicted octanol–water partition coefficient (Wildman–Crippen LogP) is 5.69. The summed E-state index contributed by atoms with van der Waals surface area (Å²) in [6.45, 7) is 1.26. The summed E-state index contributed by atoms with van der Waals surface area (Å²) in [6, 6.07) is -0.114. The molecular formula is C17H15F8NO9S. The summed E-state index contributed by atoms with van der Waals surface area (Å²) >= 11 is 0. The Bertz CT molecular complexity index is 1090. The summed E-state index contributed by atoms with van der Waals surface area (Å²) in [6.07, 6.45) is -12.9. The Morgan fingerprint density at radius 1 is 1.14 bits per heavy atom. The van der Waals surface area contributed by atoms with Crippen LogP contribution in [-0.4, -0.2) is 48.5 Å². The highest BCUT2D eigenvalue weighted by molar-refractivity contribution is 8.45. The van der Waals surface area contributed by atoms with Crippen LogP contribution >= 0.6 is 10.2 Å². The van der Waals surface area contributed by atoms with Gasteiger partial charge in [-0.25, -0.2) is 9.59 Å². The van der Waals surface area contributed by atoms with Crippen LogP contribution in [0.5, 0.6) is 5.75 Å². The Morgan fingerprint density at radius 3 is 2.28 bits per heavy atom. The Labute approximate surface area is 195 Å². The molecule has 0 amide bonds. The number of hydrogen-bond acceptors (Lipinski definition) is 9. The second-order valence-electron chi connectivity index (χ2n) is 7.10. The van der Waals surface area contributed by atoms with E-state index in [1.807, 2.05) is 0 Å². The van der Waals surface area contributed by atoms with Gasteiger partial charge in [-0.3, -0.25) is 0 Å². The summed E-state index contributed by atoms with van der Waals surface area (Å²) in [5, 5.41) is 8.96. The Balaban J connectivity index is 2.23. The summed E-state index contributed by atoms with van der Waals surface area (Å²) < 4.78 is 123. The maximum atomic E-state index is 13.4. The van der Waals surface area contributed by atoms with Gasteiger partial charge in [0.15, 0.2) is 0 Å². The molecule has 2 unspecified atom stereocenters. The number of benzene rings is 1. The monoisotopic (exact) mass is 561 g/mol. The first-order chi connectivity index (χ1) is 16.1. The van der Waals surface area contributed by atoms with E-state index in [9.17, 15) is 52.3 Å². The zero-order chi connectivity index (χ0) is 27.8. The van der Waals surface area contributed by atoms with Gasteiger partial charge in [0.1, 0.15) is 23.4 Å². The summed E-state index contributed by atoms with van der Waals surface area (Å²) in [4.78, 5) is 35.5. The van der Waals surface area contributed by atoms with Gasteiger partial charge in [-0.1, -0.05) is 19.4 Å². The maximum absolute atomic E-state index is 13.4.